The second-order valence-electron chi connectivity index (χ2n) is 46.6. The van der Waals surface area contributed by atoms with Crippen molar-refractivity contribution in [2.45, 2.75) is 648 Å². The minimum Gasteiger partial charge on any atom is -0.459 e. The molecule has 0 aliphatic carbocycles. The molecular formula is C114H224O8. The summed E-state index contributed by atoms with van der Waals surface area (Å²) in [6, 6.07) is 0. The first kappa shape index (κ1) is 117. The van der Waals surface area contributed by atoms with Crippen LogP contribution in [0, 0.1) is 71.0 Å². The zero-order valence-corrected chi connectivity index (χ0v) is 87.2. The first-order valence-electron chi connectivity index (χ1n) is 55.3. The summed E-state index contributed by atoms with van der Waals surface area (Å²) in [6.07, 6.45) is 81.7. The molecule has 8 nitrogen and oxygen atoms in total. The van der Waals surface area contributed by atoms with Gasteiger partial charge in [-0.1, -0.05) is 484 Å². The van der Waals surface area contributed by atoms with Gasteiger partial charge in [0.1, 0.15) is 11.7 Å². The molecule has 2 aliphatic rings. The molecule has 0 radical (unpaired) electrons. The van der Waals surface area contributed by atoms with Gasteiger partial charge in [0.25, 0.3) is 0 Å². The lowest BCUT2D eigenvalue weighted by molar-refractivity contribution is -0.290. The minimum absolute atomic E-state index is 0.0712. The normalized spacial score (nSPS) is 21.6. The molecule has 0 aromatic carbocycles. The lowest BCUT2D eigenvalue weighted by Gasteiger charge is -2.53. The van der Waals surface area contributed by atoms with Gasteiger partial charge in [-0.3, -0.25) is 4.79 Å². The molecule has 0 spiro atoms. The third-order valence-corrected chi connectivity index (χ3v) is 30.7. The average Bonchev–Trinajstić information content (AvgIpc) is 1.28. The summed E-state index contributed by atoms with van der Waals surface area (Å²) in [6.45, 7) is 53.7. The van der Waals surface area contributed by atoms with E-state index in [4.69, 9.17) is 23.7 Å². The second-order valence-corrected chi connectivity index (χ2v) is 46.6. The van der Waals surface area contributed by atoms with Crippen molar-refractivity contribution in [1.82, 2.24) is 0 Å². The zero-order chi connectivity index (χ0) is 90.5. The number of esters is 1. The van der Waals surface area contributed by atoms with Crippen molar-refractivity contribution in [2.24, 2.45) is 71.0 Å². The van der Waals surface area contributed by atoms with Crippen molar-refractivity contribution in [3.05, 3.63) is 0 Å². The molecule has 0 aromatic rings. The Morgan fingerprint density at radius 1 is 0.336 bits per heavy atom. The number of ether oxygens (including phenoxy) is 5. The summed E-state index contributed by atoms with van der Waals surface area (Å²) < 4.78 is 37.2. The van der Waals surface area contributed by atoms with Crippen molar-refractivity contribution in [1.29, 1.82) is 0 Å². The number of hydrogen-bond acceptors (Lipinski definition) is 8. The van der Waals surface area contributed by atoms with Gasteiger partial charge in [0.2, 0.25) is 0 Å². The maximum Gasteiger partial charge on any atom is 0.303 e. The highest BCUT2D eigenvalue weighted by Crippen LogP contribution is 2.48. The average molecular weight is 1720 g/mol. The van der Waals surface area contributed by atoms with Crippen molar-refractivity contribution in [2.75, 3.05) is 6.61 Å². The second kappa shape index (κ2) is 70.0. The van der Waals surface area contributed by atoms with E-state index >= 15 is 0 Å². The number of unbranched alkanes of at least 4 members (excludes halogenated alkanes) is 25. The molecule has 2 saturated heterocycles. The van der Waals surface area contributed by atoms with Gasteiger partial charge >= 0.3 is 5.97 Å². The van der Waals surface area contributed by atoms with E-state index in [1.807, 2.05) is 6.92 Å². The van der Waals surface area contributed by atoms with Crippen LogP contribution in [0.2, 0.25) is 0 Å². The summed E-state index contributed by atoms with van der Waals surface area (Å²) in [5.74, 6) is 8.44. The van der Waals surface area contributed by atoms with E-state index in [2.05, 4.69) is 145 Å². The molecule has 0 aromatic heterocycles. The highest BCUT2D eigenvalue weighted by Gasteiger charge is 2.54. The lowest BCUT2D eigenvalue weighted by atomic mass is 9.78. The van der Waals surface area contributed by atoms with Crippen LogP contribution in [-0.2, 0) is 28.5 Å². The summed E-state index contributed by atoms with van der Waals surface area (Å²) in [5.41, 5.74) is -4.24. The molecule has 2 heterocycles. The largest absolute Gasteiger partial charge is 0.459 e. The monoisotopic (exact) mass is 1720 g/mol. The molecule has 2 fully saturated rings. The number of carbonyl (C=O) groups excluding carboxylic acids is 1. The van der Waals surface area contributed by atoms with Crippen molar-refractivity contribution >= 4 is 5.97 Å². The van der Waals surface area contributed by atoms with E-state index in [0.29, 0.717) is 30.1 Å². The van der Waals surface area contributed by atoms with Crippen molar-refractivity contribution in [3.8, 4) is 0 Å². The maximum absolute atomic E-state index is 13.0. The third-order valence-electron chi connectivity index (χ3n) is 30.7. The molecule has 18 atom stereocenters. The fourth-order valence-electron chi connectivity index (χ4n) is 21.6. The van der Waals surface area contributed by atoms with Gasteiger partial charge in [-0.2, -0.15) is 0 Å². The Morgan fingerprint density at radius 2 is 0.607 bits per heavy atom. The molecule has 0 bridgehead atoms. The molecule has 2 aliphatic heterocycles. The number of aliphatic hydroxyl groups is 2. The Bertz CT molecular complexity index is 2370. The van der Waals surface area contributed by atoms with Crippen molar-refractivity contribution < 1.29 is 38.7 Å². The molecule has 2 rings (SSSR count). The fourth-order valence-corrected chi connectivity index (χ4v) is 21.6. The highest BCUT2D eigenvalue weighted by molar-refractivity contribution is 5.66. The number of hydrogen-bond donors (Lipinski definition) is 2. The van der Waals surface area contributed by atoms with Gasteiger partial charge in [-0.05, 0) is 170 Å². The molecule has 122 heavy (non-hydrogen) atoms. The molecule has 0 amide bonds. The quantitative estimate of drug-likeness (QED) is 0.0459. The standard InChI is InChI=1S/C114H224O8/c1-24-25-26-27-28-29-30-31-32-33-34-35-36-37-38-39-40-41-42-43-44-45-46-47-48-49-82-105(119-104(18)115)111(20,117)91-118-107-84-86-109(121-112(107,21)88-59-79-101(15)75-55-71-97(11)67-51-63-93(4)5)114(23,90-61-81-103(17)77-57-73-99(13)69-53-65-95(8)9)122-113(22,89-60-80-102(16)76-56-72-98(12)68-52-64-94(6)7)108-85-83-106(120-108)110(19,116)87-58-78-100(14)74-54-70-96(10)66-50-62-92(2)3/h92-103,105-109,116-117H,24-91H2,1-23H3/t96-,97-,98-,99-,100-,101-,102-,103-,105?,106-,107-,108-,109+,110?,111?,112+,113?,114?/m1/s1. The zero-order valence-electron chi connectivity index (χ0n) is 87.2. The Hall–Kier alpha value is -0.770. The van der Waals surface area contributed by atoms with E-state index in [1.165, 1.54) is 322 Å². The predicted molar refractivity (Wildman–Crippen MR) is 534 cm³/mol. The molecule has 8 heteroatoms. The van der Waals surface area contributed by atoms with Crippen LogP contribution in [0.25, 0.3) is 0 Å². The van der Waals surface area contributed by atoms with Crippen LogP contribution in [0.15, 0.2) is 0 Å². The van der Waals surface area contributed by atoms with E-state index < -0.39 is 34.1 Å². The van der Waals surface area contributed by atoms with E-state index in [9.17, 15) is 15.0 Å². The van der Waals surface area contributed by atoms with Crippen LogP contribution < -0.4 is 0 Å². The van der Waals surface area contributed by atoms with Gasteiger partial charge in [-0.15, -0.1) is 0 Å². The number of rotatable bonds is 85. The minimum atomic E-state index is -1.38. The van der Waals surface area contributed by atoms with Crippen LogP contribution in [0.3, 0.4) is 0 Å². The van der Waals surface area contributed by atoms with Crippen molar-refractivity contribution in [3.63, 3.8) is 0 Å². The number of carbonyl (C=O) groups is 1. The van der Waals surface area contributed by atoms with E-state index in [0.717, 1.165) is 156 Å². The van der Waals surface area contributed by atoms with Gasteiger partial charge in [-0.25, -0.2) is 0 Å². The van der Waals surface area contributed by atoms with Gasteiger partial charge in [0, 0.05) is 6.92 Å². The van der Waals surface area contributed by atoms with Gasteiger partial charge in [0.15, 0.2) is 0 Å². The fraction of sp³-hybridized carbons (Fsp3) is 0.991. The maximum atomic E-state index is 13.0. The van der Waals surface area contributed by atoms with Crippen LogP contribution in [0.5, 0.6) is 0 Å². The molecule has 0 saturated carbocycles. The summed E-state index contributed by atoms with van der Waals surface area (Å²) in [5, 5.41) is 25.3. The Labute approximate surface area is 765 Å². The first-order valence-corrected chi connectivity index (χ1v) is 55.3. The van der Waals surface area contributed by atoms with Gasteiger partial charge < -0.3 is 33.9 Å². The third kappa shape index (κ3) is 58.9. The van der Waals surface area contributed by atoms with E-state index in [1.54, 1.807) is 0 Å². The highest BCUT2D eigenvalue weighted by atomic mass is 16.6. The topological polar surface area (TPSA) is 104 Å². The summed E-state index contributed by atoms with van der Waals surface area (Å²) >= 11 is 0. The Morgan fingerprint density at radius 3 is 0.926 bits per heavy atom. The molecular weight excluding hydrogens is 1500 g/mol. The first-order chi connectivity index (χ1) is 58.0. The van der Waals surface area contributed by atoms with Crippen LogP contribution in [-0.4, -0.2) is 81.3 Å². The Balaban J connectivity index is 2.45. The lowest BCUT2D eigenvalue weighted by Crippen LogP contribution is -2.60. The molecule has 2 N–H and O–H groups in total. The van der Waals surface area contributed by atoms with Gasteiger partial charge in [0.05, 0.1) is 53.4 Å². The molecule has 5 unspecified atom stereocenters. The van der Waals surface area contributed by atoms with Crippen LogP contribution >= 0.6 is 0 Å². The Kier molecular flexibility index (Phi) is 67.3. The van der Waals surface area contributed by atoms with E-state index in [-0.39, 0.29) is 37.0 Å². The van der Waals surface area contributed by atoms with Crippen LogP contribution in [0.1, 0.15) is 589 Å². The summed E-state index contributed by atoms with van der Waals surface area (Å²) in [7, 11) is 0. The smallest absolute Gasteiger partial charge is 0.303 e. The molecule has 728 valence electrons. The summed E-state index contributed by atoms with van der Waals surface area (Å²) in [4.78, 5) is 13.0. The predicted octanol–water partition coefficient (Wildman–Crippen LogP) is 36.1. The van der Waals surface area contributed by atoms with Crippen LogP contribution in [0.4, 0.5) is 0 Å². The SMILES string of the molecule is CCCCCCCCCCCCCCCCCCCCCCCCCCCCC(OC(C)=O)C(C)(O)CO[C@@H]1CC[C@@H](C(C)(CCC[C@H](C)CCC[C@H](C)CCCC(C)C)OC(C)(CCC[C@H](C)CCC[C@H](C)CCCC(C)C)[C@H]2CC[C@H](C(C)(O)CCC[C@H](C)CCC[C@H](C)CCCC(C)C)O2)O[C@@]1(C)CCC[C@H](C)CCC[C@H](C)CCCC(C)C.